The van der Waals surface area contributed by atoms with Gasteiger partial charge in [-0.05, 0) is 62.3 Å². The first-order valence-corrected chi connectivity index (χ1v) is 16.4. The second-order valence-electron chi connectivity index (χ2n) is 12.4. The molecule has 0 aliphatic heterocycles. The second kappa shape index (κ2) is 11.0. The highest BCUT2D eigenvalue weighted by Gasteiger charge is 2.17. The largest absolute Gasteiger partial charge is 0.456 e. The van der Waals surface area contributed by atoms with Crippen molar-refractivity contribution in [2.75, 3.05) is 0 Å². The summed E-state index contributed by atoms with van der Waals surface area (Å²) in [6, 6.07) is 56.9. The maximum Gasteiger partial charge on any atom is 0.164 e. The zero-order chi connectivity index (χ0) is 32.3. The standard InChI is InChI=1S/C45H27N3O/c1-2-11-30(12-3-1)43-46-44(34-21-18-28-10-4-5-13-31(28)26-34)48-45(47-43)37-15-7-6-14-35(37)32-22-24-36-33(27-32)20-19-29-23-25-40-42(41(29)36)38-16-8-9-17-39(38)49-40/h1-27H. The van der Waals surface area contributed by atoms with Gasteiger partial charge in [-0.25, -0.2) is 15.0 Å². The van der Waals surface area contributed by atoms with Gasteiger partial charge in [0, 0.05) is 32.8 Å². The molecular formula is C45H27N3O. The third kappa shape index (κ3) is 4.57. The van der Waals surface area contributed by atoms with E-state index >= 15 is 0 Å². The van der Waals surface area contributed by atoms with Crippen molar-refractivity contribution >= 4 is 54.3 Å². The molecule has 2 heterocycles. The van der Waals surface area contributed by atoms with Gasteiger partial charge in [0.15, 0.2) is 17.5 Å². The third-order valence-corrected chi connectivity index (χ3v) is 9.49. The number of para-hydroxylation sites is 1. The molecule has 0 aliphatic carbocycles. The molecule has 10 rings (SSSR count). The monoisotopic (exact) mass is 625 g/mol. The minimum Gasteiger partial charge on any atom is -0.456 e. The zero-order valence-electron chi connectivity index (χ0n) is 26.3. The number of furan rings is 1. The molecular weight excluding hydrogens is 599 g/mol. The fraction of sp³-hybridized carbons (Fsp3) is 0. The van der Waals surface area contributed by atoms with Crippen LogP contribution in [0.1, 0.15) is 0 Å². The molecule has 49 heavy (non-hydrogen) atoms. The molecule has 4 heteroatoms. The van der Waals surface area contributed by atoms with Crippen LogP contribution in [0.25, 0.3) is 99.5 Å². The van der Waals surface area contributed by atoms with E-state index in [4.69, 9.17) is 19.4 Å². The number of benzene rings is 8. The third-order valence-electron chi connectivity index (χ3n) is 9.49. The van der Waals surface area contributed by atoms with Gasteiger partial charge in [0.1, 0.15) is 11.2 Å². The van der Waals surface area contributed by atoms with Crippen LogP contribution in [0.15, 0.2) is 168 Å². The molecule has 0 aliphatic rings. The number of hydrogen-bond donors (Lipinski definition) is 0. The summed E-state index contributed by atoms with van der Waals surface area (Å²) < 4.78 is 6.25. The Morgan fingerprint density at radius 3 is 1.86 bits per heavy atom. The lowest BCUT2D eigenvalue weighted by atomic mass is 9.93. The van der Waals surface area contributed by atoms with Crippen molar-refractivity contribution in [3.8, 4) is 45.3 Å². The van der Waals surface area contributed by atoms with Gasteiger partial charge in [0.05, 0.1) is 0 Å². The molecule has 0 saturated heterocycles. The van der Waals surface area contributed by atoms with Crippen LogP contribution < -0.4 is 0 Å². The van der Waals surface area contributed by atoms with Gasteiger partial charge in [0.25, 0.3) is 0 Å². The van der Waals surface area contributed by atoms with Crippen LogP contribution in [-0.2, 0) is 0 Å². The Hall–Kier alpha value is -6.65. The molecule has 8 aromatic carbocycles. The number of fused-ring (bicyclic) bond motifs is 8. The van der Waals surface area contributed by atoms with Crippen LogP contribution in [0.3, 0.4) is 0 Å². The molecule has 228 valence electrons. The summed E-state index contributed by atoms with van der Waals surface area (Å²) in [5.41, 5.74) is 6.82. The van der Waals surface area contributed by atoms with E-state index in [1.165, 1.54) is 21.5 Å². The topological polar surface area (TPSA) is 51.8 Å². The first-order chi connectivity index (χ1) is 24.3. The van der Waals surface area contributed by atoms with Gasteiger partial charge in [-0.15, -0.1) is 0 Å². The Morgan fingerprint density at radius 1 is 0.327 bits per heavy atom. The number of rotatable bonds is 4. The molecule has 0 atom stereocenters. The Kier molecular flexibility index (Phi) is 6.15. The Labute approximate surface area is 282 Å². The van der Waals surface area contributed by atoms with Crippen LogP contribution in [-0.4, -0.2) is 15.0 Å². The lowest BCUT2D eigenvalue weighted by Gasteiger charge is -2.13. The Morgan fingerprint density at radius 2 is 0.959 bits per heavy atom. The summed E-state index contributed by atoms with van der Waals surface area (Å²) in [5.74, 6) is 1.92. The summed E-state index contributed by atoms with van der Waals surface area (Å²) in [4.78, 5) is 15.2. The van der Waals surface area contributed by atoms with E-state index in [2.05, 4.69) is 121 Å². The molecule has 0 unspecified atom stereocenters. The average Bonchev–Trinajstić information content (AvgIpc) is 3.56. The van der Waals surface area contributed by atoms with Crippen molar-refractivity contribution in [1.82, 2.24) is 15.0 Å². The van der Waals surface area contributed by atoms with Crippen molar-refractivity contribution in [1.29, 1.82) is 0 Å². The van der Waals surface area contributed by atoms with Crippen molar-refractivity contribution in [2.24, 2.45) is 0 Å². The lowest BCUT2D eigenvalue weighted by molar-refractivity contribution is 0.669. The van der Waals surface area contributed by atoms with E-state index in [-0.39, 0.29) is 0 Å². The van der Waals surface area contributed by atoms with E-state index in [1.807, 2.05) is 42.5 Å². The Bertz CT molecular complexity index is 2890. The first kappa shape index (κ1) is 27.5. The molecule has 0 fully saturated rings. The van der Waals surface area contributed by atoms with E-state index in [0.717, 1.165) is 60.5 Å². The maximum absolute atomic E-state index is 6.25. The van der Waals surface area contributed by atoms with Crippen molar-refractivity contribution in [3.63, 3.8) is 0 Å². The average molecular weight is 626 g/mol. The summed E-state index contributed by atoms with van der Waals surface area (Å²) in [7, 11) is 0. The maximum atomic E-state index is 6.25. The van der Waals surface area contributed by atoms with Crippen LogP contribution >= 0.6 is 0 Å². The van der Waals surface area contributed by atoms with E-state index < -0.39 is 0 Å². The minimum absolute atomic E-state index is 0.637. The van der Waals surface area contributed by atoms with Gasteiger partial charge in [-0.3, -0.25) is 0 Å². The molecule has 0 saturated carbocycles. The van der Waals surface area contributed by atoms with Crippen molar-refractivity contribution in [3.05, 3.63) is 164 Å². The van der Waals surface area contributed by atoms with Gasteiger partial charge in [-0.2, -0.15) is 0 Å². The van der Waals surface area contributed by atoms with Crippen LogP contribution in [0.2, 0.25) is 0 Å². The van der Waals surface area contributed by atoms with Crippen LogP contribution in [0.4, 0.5) is 0 Å². The fourth-order valence-electron chi connectivity index (χ4n) is 7.14. The van der Waals surface area contributed by atoms with Crippen molar-refractivity contribution < 1.29 is 4.42 Å². The quantitative estimate of drug-likeness (QED) is 0.183. The number of hydrogen-bond acceptors (Lipinski definition) is 4. The zero-order valence-corrected chi connectivity index (χ0v) is 26.3. The van der Waals surface area contributed by atoms with Crippen molar-refractivity contribution in [2.45, 2.75) is 0 Å². The molecule has 2 aromatic heterocycles. The smallest absolute Gasteiger partial charge is 0.164 e. The summed E-state index contributed by atoms with van der Waals surface area (Å²) in [6.07, 6.45) is 0. The Balaban J connectivity index is 1.16. The summed E-state index contributed by atoms with van der Waals surface area (Å²) in [6.45, 7) is 0. The molecule has 0 radical (unpaired) electrons. The first-order valence-electron chi connectivity index (χ1n) is 16.4. The molecule has 0 N–H and O–H groups in total. The fourth-order valence-corrected chi connectivity index (χ4v) is 7.14. The highest BCUT2D eigenvalue weighted by Crippen LogP contribution is 2.40. The van der Waals surface area contributed by atoms with E-state index in [1.54, 1.807) is 0 Å². The number of aromatic nitrogens is 3. The summed E-state index contributed by atoms with van der Waals surface area (Å²) in [5, 5.41) is 9.39. The molecule has 0 bridgehead atoms. The lowest BCUT2D eigenvalue weighted by Crippen LogP contribution is -2.01. The number of nitrogens with zero attached hydrogens (tertiary/aromatic N) is 3. The van der Waals surface area contributed by atoms with Gasteiger partial charge in [0.2, 0.25) is 0 Å². The van der Waals surface area contributed by atoms with E-state index in [9.17, 15) is 0 Å². The molecule has 10 aromatic rings. The minimum atomic E-state index is 0.637. The molecule has 4 nitrogen and oxygen atoms in total. The van der Waals surface area contributed by atoms with Gasteiger partial charge >= 0.3 is 0 Å². The van der Waals surface area contributed by atoms with E-state index in [0.29, 0.717) is 17.5 Å². The predicted molar refractivity (Wildman–Crippen MR) is 201 cm³/mol. The molecule has 0 amide bonds. The SMILES string of the molecule is c1ccc(-c2nc(-c3ccc4ccccc4c3)nc(-c3ccccc3-c3ccc4c(ccc5ccc6oc7ccccc7c6c54)c3)n2)cc1. The summed E-state index contributed by atoms with van der Waals surface area (Å²) >= 11 is 0. The van der Waals surface area contributed by atoms with Gasteiger partial charge in [-0.1, -0.05) is 140 Å². The van der Waals surface area contributed by atoms with Crippen LogP contribution in [0.5, 0.6) is 0 Å². The predicted octanol–water partition coefficient (Wildman–Crippen LogP) is 11.9. The second-order valence-corrected chi connectivity index (χ2v) is 12.4. The highest BCUT2D eigenvalue weighted by atomic mass is 16.3. The highest BCUT2D eigenvalue weighted by molar-refractivity contribution is 6.26. The van der Waals surface area contributed by atoms with Crippen LogP contribution in [0, 0.1) is 0 Å². The molecule has 0 spiro atoms. The normalized spacial score (nSPS) is 11.7. The van der Waals surface area contributed by atoms with Gasteiger partial charge < -0.3 is 4.42 Å².